The molecule has 0 radical (unpaired) electrons. The van der Waals surface area contributed by atoms with Crippen LogP contribution in [0.3, 0.4) is 0 Å². The first kappa shape index (κ1) is 24.5. The lowest BCUT2D eigenvalue weighted by molar-refractivity contribution is -0.129. The summed E-state index contributed by atoms with van der Waals surface area (Å²) in [6.45, 7) is 2.24. The van der Waals surface area contributed by atoms with Gasteiger partial charge in [0.15, 0.2) is 5.50 Å². The van der Waals surface area contributed by atoms with Gasteiger partial charge in [-0.1, -0.05) is 67.4 Å². The highest BCUT2D eigenvalue weighted by atomic mass is 35.5. The SMILES string of the molecule is C[C@H]1CCCC[C@H]1N1C(=O)/C(=C/c2ccc(-c3ccc(C(=O)O)c(Cl)c3)o2)SC1Nc1ccccc1. The number of nitrogens with zero attached hydrogens (tertiary/aromatic N) is 1. The van der Waals surface area contributed by atoms with Crippen molar-refractivity contribution in [3.05, 3.63) is 81.9 Å². The van der Waals surface area contributed by atoms with Crippen molar-refractivity contribution >= 4 is 47.0 Å². The topological polar surface area (TPSA) is 82.8 Å². The number of anilines is 1. The minimum atomic E-state index is -1.08. The number of hydrogen-bond donors (Lipinski definition) is 2. The highest BCUT2D eigenvalue weighted by Crippen LogP contribution is 2.42. The number of hydrogen-bond acceptors (Lipinski definition) is 5. The number of amides is 1. The van der Waals surface area contributed by atoms with Crippen molar-refractivity contribution < 1.29 is 19.1 Å². The summed E-state index contributed by atoms with van der Waals surface area (Å²) in [6.07, 6.45) is 6.26. The van der Waals surface area contributed by atoms with Crippen LogP contribution in [0.2, 0.25) is 5.02 Å². The fraction of sp³-hybridized carbons (Fsp3) is 0.286. The third-order valence-electron chi connectivity index (χ3n) is 6.81. The Balaban J connectivity index is 1.42. The predicted octanol–water partition coefficient (Wildman–Crippen LogP) is 7.19. The lowest BCUT2D eigenvalue weighted by atomic mass is 9.85. The van der Waals surface area contributed by atoms with Gasteiger partial charge in [-0.05, 0) is 55.2 Å². The van der Waals surface area contributed by atoms with Crippen molar-refractivity contribution in [3.63, 3.8) is 0 Å². The fourth-order valence-corrected chi connectivity index (χ4v) is 6.38. The quantitative estimate of drug-likeness (QED) is 0.333. The van der Waals surface area contributed by atoms with E-state index in [9.17, 15) is 14.7 Å². The highest BCUT2D eigenvalue weighted by Gasteiger charge is 2.43. The summed E-state index contributed by atoms with van der Waals surface area (Å²) in [5.41, 5.74) is 1.48. The van der Waals surface area contributed by atoms with Gasteiger partial charge in [-0.15, -0.1) is 0 Å². The minimum absolute atomic E-state index is 0.0130. The molecule has 2 heterocycles. The molecule has 36 heavy (non-hydrogen) atoms. The van der Waals surface area contributed by atoms with Gasteiger partial charge in [-0.2, -0.15) is 0 Å². The molecular weight excluding hydrogens is 496 g/mol. The lowest BCUT2D eigenvalue weighted by Gasteiger charge is -2.39. The van der Waals surface area contributed by atoms with Crippen LogP contribution in [0, 0.1) is 5.92 Å². The minimum Gasteiger partial charge on any atom is -0.478 e. The van der Waals surface area contributed by atoms with Crippen LogP contribution in [0.1, 0.15) is 48.7 Å². The van der Waals surface area contributed by atoms with Crippen LogP contribution in [0.15, 0.2) is 70.0 Å². The molecule has 1 amide bonds. The number of rotatable bonds is 6. The van der Waals surface area contributed by atoms with Gasteiger partial charge in [0.05, 0.1) is 15.5 Å². The Morgan fingerprint density at radius 3 is 2.64 bits per heavy atom. The zero-order valence-electron chi connectivity index (χ0n) is 19.8. The van der Waals surface area contributed by atoms with Crippen molar-refractivity contribution in [2.75, 3.05) is 5.32 Å². The molecule has 3 atom stereocenters. The maximum Gasteiger partial charge on any atom is 0.337 e. The van der Waals surface area contributed by atoms with Crippen LogP contribution >= 0.6 is 23.4 Å². The predicted molar refractivity (Wildman–Crippen MR) is 144 cm³/mol. The van der Waals surface area contributed by atoms with E-state index in [4.69, 9.17) is 16.0 Å². The number of carbonyl (C=O) groups is 2. The molecule has 5 rings (SSSR count). The molecule has 1 aromatic heterocycles. The monoisotopic (exact) mass is 522 g/mol. The van der Waals surface area contributed by atoms with Crippen molar-refractivity contribution in [1.29, 1.82) is 0 Å². The van der Waals surface area contributed by atoms with Crippen LogP contribution in [-0.4, -0.2) is 33.4 Å². The number of thioether (sulfide) groups is 1. The number of furan rings is 1. The summed E-state index contributed by atoms with van der Waals surface area (Å²) in [5.74, 6) is 0.475. The Morgan fingerprint density at radius 1 is 1.14 bits per heavy atom. The zero-order valence-corrected chi connectivity index (χ0v) is 21.4. The molecule has 2 aliphatic rings. The van der Waals surface area contributed by atoms with E-state index < -0.39 is 5.97 Å². The van der Waals surface area contributed by atoms with E-state index in [0.717, 1.165) is 24.9 Å². The first-order chi connectivity index (χ1) is 17.4. The molecule has 1 aliphatic heterocycles. The van der Waals surface area contributed by atoms with E-state index >= 15 is 0 Å². The second kappa shape index (κ2) is 10.4. The normalized spacial score (nSPS) is 23.3. The average Bonchev–Trinajstić information content (AvgIpc) is 3.45. The van der Waals surface area contributed by atoms with Crippen molar-refractivity contribution in [2.45, 2.75) is 44.1 Å². The number of carboxylic acid groups (broad SMARTS) is 1. The maximum absolute atomic E-state index is 13.7. The molecule has 0 bridgehead atoms. The number of aromatic carboxylic acids is 1. The van der Waals surface area contributed by atoms with Gasteiger partial charge in [-0.3, -0.25) is 4.79 Å². The Hall–Kier alpha value is -3.16. The molecule has 2 fully saturated rings. The smallest absolute Gasteiger partial charge is 0.337 e. The molecule has 8 heteroatoms. The van der Waals surface area contributed by atoms with E-state index in [2.05, 4.69) is 12.2 Å². The Labute approximate surface area is 219 Å². The van der Waals surface area contributed by atoms with Crippen molar-refractivity contribution in [3.8, 4) is 11.3 Å². The first-order valence-electron chi connectivity index (χ1n) is 12.1. The second-order valence-electron chi connectivity index (χ2n) is 9.23. The molecule has 3 aromatic rings. The van der Waals surface area contributed by atoms with Crippen LogP contribution in [0.25, 0.3) is 17.4 Å². The number of halogens is 1. The molecule has 1 saturated carbocycles. The van der Waals surface area contributed by atoms with E-state index in [1.54, 1.807) is 30.3 Å². The summed E-state index contributed by atoms with van der Waals surface area (Å²) in [5, 5.41) is 12.9. The maximum atomic E-state index is 13.7. The Bertz CT molecular complexity index is 1310. The van der Waals surface area contributed by atoms with Crippen LogP contribution < -0.4 is 5.32 Å². The molecule has 0 spiro atoms. The largest absolute Gasteiger partial charge is 0.478 e. The fourth-order valence-electron chi connectivity index (χ4n) is 4.92. The zero-order chi connectivity index (χ0) is 25.2. The summed E-state index contributed by atoms with van der Waals surface area (Å²) >= 11 is 7.63. The van der Waals surface area contributed by atoms with Gasteiger partial charge in [0, 0.05) is 23.4 Å². The van der Waals surface area contributed by atoms with E-state index in [1.807, 2.05) is 35.2 Å². The van der Waals surface area contributed by atoms with Crippen molar-refractivity contribution in [2.24, 2.45) is 5.92 Å². The van der Waals surface area contributed by atoms with Gasteiger partial charge in [-0.25, -0.2) is 4.79 Å². The molecule has 186 valence electrons. The lowest BCUT2D eigenvalue weighted by Crippen LogP contribution is -2.48. The number of carbonyl (C=O) groups excluding carboxylic acids is 1. The highest BCUT2D eigenvalue weighted by molar-refractivity contribution is 8.05. The van der Waals surface area contributed by atoms with E-state index in [1.165, 1.54) is 24.2 Å². The Morgan fingerprint density at radius 2 is 1.92 bits per heavy atom. The van der Waals surface area contributed by atoms with Gasteiger partial charge >= 0.3 is 5.97 Å². The van der Waals surface area contributed by atoms with Crippen LogP contribution in [0.4, 0.5) is 5.69 Å². The van der Waals surface area contributed by atoms with Crippen LogP contribution in [0.5, 0.6) is 0 Å². The van der Waals surface area contributed by atoms with Gasteiger partial charge in [0.25, 0.3) is 5.91 Å². The molecule has 2 aromatic carbocycles. The molecule has 2 N–H and O–H groups in total. The number of benzene rings is 2. The van der Waals surface area contributed by atoms with E-state index in [0.29, 0.717) is 27.9 Å². The molecule has 6 nitrogen and oxygen atoms in total. The molecular formula is C28H27ClN2O4S. The third-order valence-corrected chi connectivity index (χ3v) is 8.24. The summed E-state index contributed by atoms with van der Waals surface area (Å²) < 4.78 is 6.00. The molecule has 1 unspecified atom stereocenters. The van der Waals surface area contributed by atoms with Gasteiger partial charge in [0.1, 0.15) is 11.5 Å². The summed E-state index contributed by atoms with van der Waals surface area (Å²) in [4.78, 5) is 27.5. The average molecular weight is 523 g/mol. The first-order valence-corrected chi connectivity index (χ1v) is 13.3. The number of carboxylic acids is 1. The van der Waals surface area contributed by atoms with Crippen molar-refractivity contribution in [1.82, 2.24) is 4.90 Å². The number of para-hydroxylation sites is 1. The summed E-state index contributed by atoms with van der Waals surface area (Å²) in [7, 11) is 0. The standard InChI is InChI=1S/C28H27ClN2O4S/c1-17-7-5-6-10-23(17)31-26(32)25(36-28(31)30-19-8-3-2-4-9-19)16-20-12-14-24(35-20)18-11-13-21(27(33)34)22(29)15-18/h2-4,8-9,11-17,23,28,30H,5-7,10H2,1H3,(H,33,34)/b25-16-/t17-,23+,28?/m0/s1. The van der Waals surface area contributed by atoms with Crippen LogP contribution in [-0.2, 0) is 4.79 Å². The Kier molecular flexibility index (Phi) is 7.12. The van der Waals surface area contributed by atoms with Gasteiger partial charge in [0.2, 0.25) is 0 Å². The number of nitrogens with one attached hydrogen (secondary N) is 1. The third kappa shape index (κ3) is 5.04. The molecule has 1 aliphatic carbocycles. The molecule has 1 saturated heterocycles. The van der Waals surface area contributed by atoms with E-state index in [-0.39, 0.29) is 28.0 Å². The summed E-state index contributed by atoms with van der Waals surface area (Å²) in [6, 6.07) is 18.4. The van der Waals surface area contributed by atoms with Gasteiger partial charge < -0.3 is 19.7 Å². The second-order valence-corrected chi connectivity index (χ2v) is 10.8.